The van der Waals surface area contributed by atoms with Crippen molar-refractivity contribution in [1.82, 2.24) is 4.72 Å². The van der Waals surface area contributed by atoms with Crippen molar-refractivity contribution in [3.05, 3.63) is 24.3 Å². The molecule has 2 N–H and O–H groups in total. The number of hydrogen-bond donors (Lipinski definition) is 2. The van der Waals surface area contributed by atoms with Crippen LogP contribution >= 0.6 is 0 Å². The number of aliphatic hydroxyl groups excluding tert-OH is 1. The number of aliphatic hydroxyl groups is 1. The summed E-state index contributed by atoms with van der Waals surface area (Å²) >= 11 is 0. The first-order valence-corrected chi connectivity index (χ1v) is 9.73. The van der Waals surface area contributed by atoms with Crippen LogP contribution in [0.3, 0.4) is 0 Å². The summed E-state index contributed by atoms with van der Waals surface area (Å²) in [7, 11) is -3.48. The Balaban J connectivity index is 2.03. The zero-order valence-corrected chi connectivity index (χ0v) is 14.7. The molecule has 0 radical (unpaired) electrons. The Bertz CT molecular complexity index is 590. The van der Waals surface area contributed by atoms with E-state index in [1.807, 2.05) is 13.8 Å². The normalized spacial score (nSPS) is 17.2. The second kappa shape index (κ2) is 7.64. The van der Waals surface area contributed by atoms with Crippen molar-refractivity contribution in [2.24, 2.45) is 0 Å². The fraction of sp³-hybridized carbons (Fsp3) is 0.647. The quantitative estimate of drug-likeness (QED) is 0.799. The molecule has 6 heteroatoms. The summed E-state index contributed by atoms with van der Waals surface area (Å²) in [6, 6.07) is 6.50. The number of hydrogen-bond acceptors (Lipinski definition) is 4. The van der Waals surface area contributed by atoms with Gasteiger partial charge in [-0.15, -0.1) is 0 Å². The molecular weight excluding hydrogens is 314 g/mol. The predicted molar refractivity (Wildman–Crippen MR) is 90.0 cm³/mol. The second-order valence-electron chi connectivity index (χ2n) is 6.76. The molecule has 0 bridgehead atoms. The molecule has 23 heavy (non-hydrogen) atoms. The van der Waals surface area contributed by atoms with Gasteiger partial charge in [0.1, 0.15) is 11.4 Å². The third kappa shape index (κ3) is 5.48. The van der Waals surface area contributed by atoms with Crippen LogP contribution in [-0.2, 0) is 10.0 Å². The van der Waals surface area contributed by atoms with Gasteiger partial charge in [0.25, 0.3) is 0 Å². The minimum atomic E-state index is -3.48. The molecule has 0 saturated heterocycles. The van der Waals surface area contributed by atoms with E-state index in [0.29, 0.717) is 12.2 Å². The topological polar surface area (TPSA) is 75.6 Å². The zero-order chi connectivity index (χ0) is 16.9. The van der Waals surface area contributed by atoms with Crippen molar-refractivity contribution in [2.45, 2.75) is 68.9 Å². The first kappa shape index (κ1) is 18.2. The third-order valence-electron chi connectivity index (χ3n) is 4.17. The number of rotatable bonds is 7. The van der Waals surface area contributed by atoms with E-state index in [4.69, 9.17) is 9.84 Å². The number of ether oxygens (including phenoxy) is 1. The van der Waals surface area contributed by atoms with E-state index in [1.54, 1.807) is 24.3 Å². The monoisotopic (exact) mass is 341 g/mol. The highest BCUT2D eigenvalue weighted by Crippen LogP contribution is 2.24. The van der Waals surface area contributed by atoms with Gasteiger partial charge in [0.2, 0.25) is 10.0 Å². The van der Waals surface area contributed by atoms with Gasteiger partial charge in [-0.05, 0) is 51.0 Å². The van der Waals surface area contributed by atoms with Crippen molar-refractivity contribution in [3.8, 4) is 5.75 Å². The molecule has 0 heterocycles. The highest BCUT2D eigenvalue weighted by Gasteiger charge is 2.23. The highest BCUT2D eigenvalue weighted by molar-refractivity contribution is 7.89. The molecule has 1 aliphatic carbocycles. The smallest absolute Gasteiger partial charge is 0.240 e. The van der Waals surface area contributed by atoms with Crippen LogP contribution in [0.4, 0.5) is 0 Å². The minimum absolute atomic E-state index is 0.0464. The van der Waals surface area contributed by atoms with Crippen LogP contribution in [0.2, 0.25) is 0 Å². The Labute approximate surface area is 139 Å². The molecule has 0 spiro atoms. The molecule has 0 aliphatic heterocycles. The fourth-order valence-electron chi connectivity index (χ4n) is 2.83. The molecule has 0 aromatic heterocycles. The van der Waals surface area contributed by atoms with Gasteiger partial charge in [0, 0.05) is 19.1 Å². The van der Waals surface area contributed by atoms with Gasteiger partial charge in [-0.1, -0.05) is 19.3 Å². The van der Waals surface area contributed by atoms with Crippen LogP contribution < -0.4 is 9.46 Å². The lowest BCUT2D eigenvalue weighted by atomic mass is 9.96. The molecule has 2 rings (SSSR count). The zero-order valence-electron chi connectivity index (χ0n) is 13.9. The van der Waals surface area contributed by atoms with E-state index in [0.717, 1.165) is 25.7 Å². The van der Waals surface area contributed by atoms with Gasteiger partial charge in [-0.25, -0.2) is 13.1 Å². The molecule has 0 atom stereocenters. The average Bonchev–Trinajstić information content (AvgIpc) is 2.47. The first-order chi connectivity index (χ1) is 10.8. The van der Waals surface area contributed by atoms with Gasteiger partial charge >= 0.3 is 0 Å². The maximum absolute atomic E-state index is 12.4. The van der Waals surface area contributed by atoms with Gasteiger partial charge in [-0.2, -0.15) is 0 Å². The van der Waals surface area contributed by atoms with Crippen molar-refractivity contribution >= 4 is 10.0 Å². The Morgan fingerprint density at radius 2 is 1.78 bits per heavy atom. The molecule has 1 aromatic carbocycles. The summed E-state index contributed by atoms with van der Waals surface area (Å²) in [5, 5.41) is 9.02. The molecule has 1 aliphatic rings. The van der Waals surface area contributed by atoms with E-state index in [2.05, 4.69) is 4.72 Å². The van der Waals surface area contributed by atoms with Crippen LogP contribution in [-0.4, -0.2) is 31.8 Å². The first-order valence-electron chi connectivity index (χ1n) is 8.25. The third-order valence-corrected chi connectivity index (χ3v) is 5.71. The number of sulfonamides is 1. The maximum Gasteiger partial charge on any atom is 0.240 e. The van der Waals surface area contributed by atoms with Crippen molar-refractivity contribution in [3.63, 3.8) is 0 Å². The summed E-state index contributed by atoms with van der Waals surface area (Å²) < 4.78 is 33.4. The van der Waals surface area contributed by atoms with Gasteiger partial charge < -0.3 is 9.84 Å². The van der Waals surface area contributed by atoms with E-state index >= 15 is 0 Å². The Hall–Kier alpha value is -1.11. The highest BCUT2D eigenvalue weighted by atomic mass is 32.2. The molecule has 1 fully saturated rings. The van der Waals surface area contributed by atoms with Crippen molar-refractivity contribution in [1.29, 1.82) is 0 Å². The van der Waals surface area contributed by atoms with E-state index in [9.17, 15) is 8.42 Å². The fourth-order valence-corrected chi connectivity index (χ4v) is 4.14. The molecule has 1 aromatic rings. The average molecular weight is 341 g/mol. The summed E-state index contributed by atoms with van der Waals surface area (Å²) in [5.41, 5.74) is -0.491. The van der Waals surface area contributed by atoms with Gasteiger partial charge in [0.05, 0.1) is 4.90 Å². The van der Waals surface area contributed by atoms with E-state index in [-0.39, 0.29) is 17.5 Å². The molecular formula is C17H27NO4S. The van der Waals surface area contributed by atoms with E-state index in [1.165, 1.54) is 6.42 Å². The van der Waals surface area contributed by atoms with Gasteiger partial charge in [-0.3, -0.25) is 0 Å². The molecule has 5 nitrogen and oxygen atoms in total. The standard InChI is InChI=1S/C17H27NO4S/c1-17(2,12-13-19)22-15-8-10-16(11-9-15)23(20,21)18-14-6-4-3-5-7-14/h8-11,14,18-19H,3-7,12-13H2,1-2H3. The van der Waals surface area contributed by atoms with Crippen molar-refractivity contribution in [2.75, 3.05) is 6.61 Å². The lowest BCUT2D eigenvalue weighted by molar-refractivity contribution is 0.0764. The summed E-state index contributed by atoms with van der Waals surface area (Å²) in [6.07, 6.45) is 5.69. The summed E-state index contributed by atoms with van der Waals surface area (Å²) in [6.45, 7) is 3.82. The maximum atomic E-state index is 12.4. The SMILES string of the molecule is CC(C)(CCO)Oc1ccc(S(=O)(=O)NC2CCCCC2)cc1. The van der Waals surface area contributed by atoms with E-state index < -0.39 is 15.6 Å². The summed E-state index contributed by atoms with van der Waals surface area (Å²) in [5.74, 6) is 0.597. The lowest BCUT2D eigenvalue weighted by Gasteiger charge is -2.26. The minimum Gasteiger partial charge on any atom is -0.488 e. The molecule has 130 valence electrons. The predicted octanol–water partition coefficient (Wildman–Crippen LogP) is 2.84. The van der Waals surface area contributed by atoms with Crippen LogP contribution in [0.15, 0.2) is 29.2 Å². The number of benzene rings is 1. The van der Waals surface area contributed by atoms with Gasteiger partial charge in [0.15, 0.2) is 0 Å². The van der Waals surface area contributed by atoms with Crippen molar-refractivity contribution < 1.29 is 18.3 Å². The molecule has 0 amide bonds. The van der Waals surface area contributed by atoms with Crippen LogP contribution in [0.1, 0.15) is 52.4 Å². The van der Waals surface area contributed by atoms with Crippen LogP contribution in [0.25, 0.3) is 0 Å². The lowest BCUT2D eigenvalue weighted by Crippen LogP contribution is -2.36. The Morgan fingerprint density at radius 3 is 2.35 bits per heavy atom. The second-order valence-corrected chi connectivity index (χ2v) is 8.48. The number of nitrogens with one attached hydrogen (secondary N) is 1. The molecule has 1 saturated carbocycles. The summed E-state index contributed by atoms with van der Waals surface area (Å²) in [4.78, 5) is 0.260. The Kier molecular flexibility index (Phi) is 6.06. The molecule has 0 unspecified atom stereocenters. The largest absolute Gasteiger partial charge is 0.488 e. The Morgan fingerprint density at radius 1 is 1.17 bits per heavy atom. The van der Waals surface area contributed by atoms with Crippen LogP contribution in [0.5, 0.6) is 5.75 Å². The van der Waals surface area contributed by atoms with Crippen LogP contribution in [0, 0.1) is 0 Å².